The maximum absolute atomic E-state index is 8.80. The van der Waals surface area contributed by atoms with E-state index >= 15 is 0 Å². The average Bonchev–Trinajstić information content (AvgIpc) is 2.61. The number of rotatable bonds is 3. The number of aliphatic hydroxyl groups excluding tert-OH is 1. The van der Waals surface area contributed by atoms with Gasteiger partial charge in [-0.25, -0.2) is 0 Å². The Morgan fingerprint density at radius 3 is 2.73 bits per heavy atom. The zero-order chi connectivity index (χ0) is 9.97. The summed E-state index contributed by atoms with van der Waals surface area (Å²) in [6.07, 6.45) is 0.632. The fourth-order valence-corrected chi connectivity index (χ4v) is 2.57. The van der Waals surface area contributed by atoms with Crippen LogP contribution in [0.4, 0.5) is 0 Å². The van der Waals surface area contributed by atoms with Gasteiger partial charge in [-0.1, -0.05) is 18.2 Å². The molecule has 82 valence electrons. The summed E-state index contributed by atoms with van der Waals surface area (Å²) in [6.45, 7) is 0.148. The van der Waals surface area contributed by atoms with E-state index in [2.05, 4.69) is 18.2 Å². The van der Waals surface area contributed by atoms with Crippen molar-refractivity contribution in [1.82, 2.24) is 0 Å². The van der Waals surface area contributed by atoms with E-state index in [-0.39, 0.29) is 25.1 Å². The van der Waals surface area contributed by atoms with Crippen molar-refractivity contribution in [3.63, 3.8) is 0 Å². The van der Waals surface area contributed by atoms with E-state index in [1.165, 1.54) is 10.1 Å². The lowest BCUT2D eigenvalue weighted by atomic mass is 10.1. The van der Waals surface area contributed by atoms with E-state index in [4.69, 9.17) is 10.8 Å². The summed E-state index contributed by atoms with van der Waals surface area (Å²) in [5.74, 6) is 0. The Labute approximate surface area is 99.1 Å². The Kier molecular flexibility index (Phi) is 4.54. The SMILES string of the molecule is Cl.NC(CCO)c1cc2ccccc2s1. The van der Waals surface area contributed by atoms with Crippen molar-refractivity contribution >= 4 is 33.8 Å². The molecular formula is C11H14ClNOS. The first-order valence-electron chi connectivity index (χ1n) is 4.66. The summed E-state index contributed by atoms with van der Waals surface area (Å²) in [5, 5.41) is 10.0. The van der Waals surface area contributed by atoms with Gasteiger partial charge in [0.1, 0.15) is 0 Å². The maximum atomic E-state index is 8.80. The van der Waals surface area contributed by atoms with Gasteiger partial charge in [-0.3, -0.25) is 0 Å². The molecule has 1 aromatic carbocycles. The maximum Gasteiger partial charge on any atom is 0.0449 e. The molecule has 0 aliphatic heterocycles. The molecule has 2 aromatic rings. The minimum Gasteiger partial charge on any atom is -0.396 e. The molecule has 2 rings (SSSR count). The third kappa shape index (κ3) is 2.69. The van der Waals surface area contributed by atoms with Crippen LogP contribution in [0.15, 0.2) is 30.3 Å². The highest BCUT2D eigenvalue weighted by atomic mass is 35.5. The van der Waals surface area contributed by atoms with Gasteiger partial charge in [0.25, 0.3) is 0 Å². The lowest BCUT2D eigenvalue weighted by Crippen LogP contribution is -2.09. The summed E-state index contributed by atoms with van der Waals surface area (Å²) in [4.78, 5) is 1.15. The van der Waals surface area contributed by atoms with Crippen LogP contribution in [0, 0.1) is 0 Å². The lowest BCUT2D eigenvalue weighted by Gasteiger charge is -2.05. The average molecular weight is 244 g/mol. The predicted molar refractivity (Wildman–Crippen MR) is 67.7 cm³/mol. The van der Waals surface area contributed by atoms with Crippen LogP contribution in [0.1, 0.15) is 17.3 Å². The lowest BCUT2D eigenvalue weighted by molar-refractivity contribution is 0.277. The van der Waals surface area contributed by atoms with Crippen LogP contribution in [0.25, 0.3) is 10.1 Å². The molecule has 3 N–H and O–H groups in total. The number of nitrogens with two attached hydrogens (primary N) is 1. The predicted octanol–water partition coefficient (Wildman–Crippen LogP) is 2.71. The molecule has 0 saturated heterocycles. The molecule has 15 heavy (non-hydrogen) atoms. The molecule has 2 nitrogen and oxygen atoms in total. The number of thiophene rings is 1. The van der Waals surface area contributed by atoms with Crippen molar-refractivity contribution in [3.8, 4) is 0 Å². The van der Waals surface area contributed by atoms with E-state index in [0.29, 0.717) is 6.42 Å². The third-order valence-electron chi connectivity index (χ3n) is 2.25. The van der Waals surface area contributed by atoms with Gasteiger partial charge in [-0.15, -0.1) is 23.7 Å². The van der Waals surface area contributed by atoms with E-state index < -0.39 is 0 Å². The van der Waals surface area contributed by atoms with Crippen LogP contribution in [-0.2, 0) is 0 Å². The van der Waals surface area contributed by atoms with Gasteiger partial charge >= 0.3 is 0 Å². The molecule has 0 aliphatic rings. The largest absolute Gasteiger partial charge is 0.396 e. The fourth-order valence-electron chi connectivity index (χ4n) is 1.47. The minimum atomic E-state index is -0.0302. The third-order valence-corrected chi connectivity index (χ3v) is 3.50. The van der Waals surface area contributed by atoms with E-state index in [1.54, 1.807) is 11.3 Å². The summed E-state index contributed by atoms with van der Waals surface area (Å²) >= 11 is 1.71. The van der Waals surface area contributed by atoms with Crippen LogP contribution in [0.5, 0.6) is 0 Å². The Morgan fingerprint density at radius 1 is 1.33 bits per heavy atom. The summed E-state index contributed by atoms with van der Waals surface area (Å²) in [7, 11) is 0. The van der Waals surface area contributed by atoms with E-state index in [9.17, 15) is 0 Å². The van der Waals surface area contributed by atoms with Crippen LogP contribution < -0.4 is 5.73 Å². The summed E-state index contributed by atoms with van der Waals surface area (Å²) in [5.41, 5.74) is 5.92. The molecule has 0 bridgehead atoms. The van der Waals surface area contributed by atoms with Crippen molar-refractivity contribution in [2.45, 2.75) is 12.5 Å². The van der Waals surface area contributed by atoms with Gasteiger partial charge in [-0.05, 0) is 23.9 Å². The molecule has 4 heteroatoms. The van der Waals surface area contributed by atoms with Gasteiger partial charge < -0.3 is 10.8 Å². The molecule has 0 fully saturated rings. The number of halogens is 1. The molecule has 1 atom stereocenters. The number of hydrogen-bond donors (Lipinski definition) is 2. The first-order valence-corrected chi connectivity index (χ1v) is 5.48. The van der Waals surface area contributed by atoms with Crippen molar-refractivity contribution in [2.24, 2.45) is 5.73 Å². The Hall–Kier alpha value is -0.610. The fraction of sp³-hybridized carbons (Fsp3) is 0.273. The number of benzene rings is 1. The molecule has 1 unspecified atom stereocenters. The van der Waals surface area contributed by atoms with Crippen molar-refractivity contribution in [1.29, 1.82) is 0 Å². The topological polar surface area (TPSA) is 46.2 Å². The molecule has 0 radical (unpaired) electrons. The first kappa shape index (κ1) is 12.5. The minimum absolute atomic E-state index is 0. The van der Waals surface area contributed by atoms with Gasteiger partial charge in [0.2, 0.25) is 0 Å². The molecule has 1 aromatic heterocycles. The Morgan fingerprint density at radius 2 is 2.07 bits per heavy atom. The van der Waals surface area contributed by atoms with Crippen LogP contribution in [0.2, 0.25) is 0 Å². The summed E-state index contributed by atoms with van der Waals surface area (Å²) in [6, 6.07) is 10.3. The smallest absolute Gasteiger partial charge is 0.0449 e. The normalized spacial score (nSPS) is 12.4. The Bertz CT molecular complexity index is 396. The molecule has 0 saturated carbocycles. The molecule has 0 aliphatic carbocycles. The standard InChI is InChI=1S/C11H13NOS.ClH/c12-9(5-6-13)11-7-8-3-1-2-4-10(8)14-11;/h1-4,7,9,13H,5-6,12H2;1H. The van der Waals surface area contributed by atoms with E-state index in [1.807, 2.05) is 12.1 Å². The number of aliphatic hydroxyl groups is 1. The molecule has 0 spiro atoms. The van der Waals surface area contributed by atoms with Crippen LogP contribution in [0.3, 0.4) is 0 Å². The van der Waals surface area contributed by atoms with E-state index in [0.717, 1.165) is 4.88 Å². The van der Waals surface area contributed by atoms with Gasteiger partial charge in [0.05, 0.1) is 0 Å². The monoisotopic (exact) mass is 243 g/mol. The number of fused-ring (bicyclic) bond motifs is 1. The molecular weight excluding hydrogens is 230 g/mol. The Balaban J connectivity index is 0.00000112. The quantitative estimate of drug-likeness (QED) is 0.871. The van der Waals surface area contributed by atoms with Crippen molar-refractivity contribution in [2.75, 3.05) is 6.61 Å². The van der Waals surface area contributed by atoms with Gasteiger partial charge in [0, 0.05) is 22.2 Å². The van der Waals surface area contributed by atoms with Crippen molar-refractivity contribution in [3.05, 3.63) is 35.2 Å². The number of hydrogen-bond acceptors (Lipinski definition) is 3. The first-order chi connectivity index (χ1) is 6.81. The molecule has 1 heterocycles. The van der Waals surface area contributed by atoms with Gasteiger partial charge in [-0.2, -0.15) is 0 Å². The van der Waals surface area contributed by atoms with Crippen LogP contribution >= 0.6 is 23.7 Å². The highest BCUT2D eigenvalue weighted by molar-refractivity contribution is 7.19. The van der Waals surface area contributed by atoms with Crippen LogP contribution in [-0.4, -0.2) is 11.7 Å². The zero-order valence-electron chi connectivity index (χ0n) is 8.22. The van der Waals surface area contributed by atoms with Crippen molar-refractivity contribution < 1.29 is 5.11 Å². The van der Waals surface area contributed by atoms with Gasteiger partial charge in [0.15, 0.2) is 0 Å². The highest BCUT2D eigenvalue weighted by Gasteiger charge is 2.08. The second-order valence-electron chi connectivity index (χ2n) is 3.31. The second-order valence-corrected chi connectivity index (χ2v) is 4.42. The highest BCUT2D eigenvalue weighted by Crippen LogP contribution is 2.29. The molecule has 0 amide bonds. The summed E-state index contributed by atoms with van der Waals surface area (Å²) < 4.78 is 1.26. The second kappa shape index (κ2) is 5.47. The zero-order valence-corrected chi connectivity index (χ0v) is 9.85.